The monoisotopic (exact) mass is 450 g/mol. The highest BCUT2D eigenvalue weighted by atomic mass is 79.9. The van der Waals surface area contributed by atoms with Crippen molar-refractivity contribution in [3.8, 4) is 0 Å². The zero-order valence-electron chi connectivity index (χ0n) is 10.9. The molecule has 0 aliphatic heterocycles. The van der Waals surface area contributed by atoms with Gasteiger partial charge in [-0.2, -0.15) is 0 Å². The molecule has 0 spiro atoms. The minimum atomic E-state index is -3.64. The van der Waals surface area contributed by atoms with Crippen molar-refractivity contribution in [2.24, 2.45) is 0 Å². The number of anilines is 1. The molecular formula is C13H12Br2N2O2S2. The van der Waals surface area contributed by atoms with Crippen molar-refractivity contribution in [3.63, 3.8) is 0 Å². The van der Waals surface area contributed by atoms with E-state index in [1.165, 1.54) is 16.2 Å². The van der Waals surface area contributed by atoms with Crippen LogP contribution in [0.3, 0.4) is 0 Å². The summed E-state index contributed by atoms with van der Waals surface area (Å²) in [5.74, 6) is 0. The molecular weight excluding hydrogens is 440 g/mol. The number of thiazole rings is 1. The molecule has 112 valence electrons. The van der Waals surface area contributed by atoms with E-state index < -0.39 is 10.0 Å². The fourth-order valence-electron chi connectivity index (χ4n) is 2.25. The van der Waals surface area contributed by atoms with Crippen LogP contribution < -0.4 is 4.72 Å². The Morgan fingerprint density at radius 2 is 1.95 bits per heavy atom. The number of aryl methyl sites for hydroxylation is 2. The highest BCUT2D eigenvalue weighted by molar-refractivity contribution is 9.11. The molecule has 21 heavy (non-hydrogen) atoms. The van der Waals surface area contributed by atoms with Crippen LogP contribution in [-0.2, 0) is 22.9 Å². The topological polar surface area (TPSA) is 59.1 Å². The number of nitrogens with one attached hydrogen (secondary N) is 1. The SMILES string of the molecule is O=S(=O)(Nc1nc2c(s1)CCCC2)c1cc(Br)ccc1Br. The Hall–Kier alpha value is -0.440. The third kappa shape index (κ3) is 3.33. The molecule has 0 fully saturated rings. The first kappa shape index (κ1) is 15.5. The molecule has 0 saturated heterocycles. The van der Waals surface area contributed by atoms with E-state index in [4.69, 9.17) is 0 Å². The van der Waals surface area contributed by atoms with Gasteiger partial charge in [0, 0.05) is 13.8 Å². The summed E-state index contributed by atoms with van der Waals surface area (Å²) in [6, 6.07) is 5.05. The maximum atomic E-state index is 12.5. The van der Waals surface area contributed by atoms with E-state index in [1.54, 1.807) is 18.2 Å². The minimum Gasteiger partial charge on any atom is -0.255 e. The van der Waals surface area contributed by atoms with E-state index in [0.717, 1.165) is 31.4 Å². The quantitative estimate of drug-likeness (QED) is 0.754. The van der Waals surface area contributed by atoms with E-state index >= 15 is 0 Å². The van der Waals surface area contributed by atoms with Gasteiger partial charge in [-0.05, 0) is 59.8 Å². The van der Waals surface area contributed by atoms with Crippen LogP contribution in [0.5, 0.6) is 0 Å². The molecule has 1 aromatic heterocycles. The lowest BCUT2D eigenvalue weighted by Gasteiger charge is -2.07. The van der Waals surface area contributed by atoms with Gasteiger partial charge in [0.25, 0.3) is 10.0 Å². The zero-order valence-corrected chi connectivity index (χ0v) is 15.7. The van der Waals surface area contributed by atoms with E-state index in [-0.39, 0.29) is 4.90 Å². The third-order valence-electron chi connectivity index (χ3n) is 3.25. The predicted molar refractivity (Wildman–Crippen MR) is 91.4 cm³/mol. The van der Waals surface area contributed by atoms with Crippen molar-refractivity contribution < 1.29 is 8.42 Å². The van der Waals surface area contributed by atoms with Gasteiger partial charge < -0.3 is 0 Å². The number of aromatic nitrogens is 1. The summed E-state index contributed by atoms with van der Waals surface area (Å²) < 4.78 is 28.8. The fraction of sp³-hybridized carbons (Fsp3) is 0.308. The lowest BCUT2D eigenvalue weighted by Crippen LogP contribution is -2.13. The molecule has 1 aromatic carbocycles. The van der Waals surface area contributed by atoms with Crippen LogP contribution in [-0.4, -0.2) is 13.4 Å². The molecule has 2 aromatic rings. The Balaban J connectivity index is 1.92. The highest BCUT2D eigenvalue weighted by Crippen LogP contribution is 2.32. The zero-order chi connectivity index (χ0) is 15.0. The van der Waals surface area contributed by atoms with Gasteiger partial charge >= 0.3 is 0 Å². The van der Waals surface area contributed by atoms with E-state index in [2.05, 4.69) is 41.6 Å². The highest BCUT2D eigenvalue weighted by Gasteiger charge is 2.22. The van der Waals surface area contributed by atoms with Gasteiger partial charge in [-0.3, -0.25) is 4.72 Å². The molecule has 8 heteroatoms. The van der Waals surface area contributed by atoms with Crippen LogP contribution >= 0.6 is 43.2 Å². The van der Waals surface area contributed by atoms with E-state index in [0.29, 0.717) is 14.1 Å². The molecule has 0 amide bonds. The first-order chi connectivity index (χ1) is 9.95. The number of fused-ring (bicyclic) bond motifs is 1. The Kier molecular flexibility index (Phi) is 4.40. The summed E-state index contributed by atoms with van der Waals surface area (Å²) in [7, 11) is -3.64. The molecule has 1 N–H and O–H groups in total. The molecule has 0 bridgehead atoms. The number of rotatable bonds is 3. The Bertz CT molecular complexity index is 764. The van der Waals surface area contributed by atoms with Crippen LogP contribution in [0.2, 0.25) is 0 Å². The standard InChI is InChI=1S/C13H12Br2N2O2S2/c14-8-5-6-9(15)12(7-8)21(18,19)17-13-16-10-3-1-2-4-11(10)20-13/h5-7H,1-4H2,(H,16,17). The van der Waals surface area contributed by atoms with Gasteiger partial charge in [-0.25, -0.2) is 13.4 Å². The van der Waals surface area contributed by atoms with Crippen LogP contribution in [0.25, 0.3) is 0 Å². The van der Waals surface area contributed by atoms with Crippen LogP contribution in [0.15, 0.2) is 32.0 Å². The van der Waals surface area contributed by atoms with Crippen molar-refractivity contribution in [1.82, 2.24) is 4.98 Å². The molecule has 3 rings (SSSR count). The smallest absolute Gasteiger partial charge is 0.255 e. The number of benzene rings is 1. The molecule has 1 heterocycles. The second-order valence-electron chi connectivity index (χ2n) is 4.78. The van der Waals surface area contributed by atoms with Crippen LogP contribution in [0.4, 0.5) is 5.13 Å². The lowest BCUT2D eigenvalue weighted by atomic mass is 10.0. The maximum absolute atomic E-state index is 12.5. The normalized spacial score (nSPS) is 14.8. The van der Waals surface area contributed by atoms with Crippen molar-refractivity contribution in [2.75, 3.05) is 4.72 Å². The summed E-state index contributed by atoms with van der Waals surface area (Å²) >= 11 is 8.01. The van der Waals surface area contributed by atoms with Gasteiger partial charge in [0.1, 0.15) is 4.90 Å². The predicted octanol–water partition coefficient (Wildman–Crippen LogP) is 4.35. The molecule has 0 unspecified atom stereocenters. The molecule has 0 radical (unpaired) electrons. The summed E-state index contributed by atoms with van der Waals surface area (Å²) in [6.45, 7) is 0. The van der Waals surface area contributed by atoms with Gasteiger partial charge in [-0.1, -0.05) is 15.9 Å². The van der Waals surface area contributed by atoms with E-state index in [9.17, 15) is 8.42 Å². The number of halogens is 2. The van der Waals surface area contributed by atoms with Crippen molar-refractivity contribution in [2.45, 2.75) is 30.6 Å². The summed E-state index contributed by atoms with van der Waals surface area (Å²) in [5.41, 5.74) is 1.04. The van der Waals surface area contributed by atoms with Crippen LogP contribution in [0, 0.1) is 0 Å². The first-order valence-corrected chi connectivity index (χ1v) is 10.3. The summed E-state index contributed by atoms with van der Waals surface area (Å²) in [5, 5.41) is 0.453. The van der Waals surface area contributed by atoms with Crippen molar-refractivity contribution >= 4 is 58.4 Å². The number of sulfonamides is 1. The molecule has 0 saturated carbocycles. The molecule has 4 nitrogen and oxygen atoms in total. The Labute approximate surface area is 144 Å². The molecule has 0 atom stereocenters. The second kappa shape index (κ2) is 5.98. The largest absolute Gasteiger partial charge is 0.264 e. The van der Waals surface area contributed by atoms with Crippen molar-refractivity contribution in [1.29, 1.82) is 0 Å². The second-order valence-corrected chi connectivity index (χ2v) is 9.28. The number of hydrogen-bond donors (Lipinski definition) is 1. The first-order valence-electron chi connectivity index (χ1n) is 6.42. The Morgan fingerprint density at radius 3 is 2.71 bits per heavy atom. The minimum absolute atomic E-state index is 0.199. The van der Waals surface area contributed by atoms with Gasteiger partial charge in [0.2, 0.25) is 0 Å². The van der Waals surface area contributed by atoms with E-state index in [1.807, 2.05) is 0 Å². The average Bonchev–Trinajstić information content (AvgIpc) is 2.82. The lowest BCUT2D eigenvalue weighted by molar-refractivity contribution is 0.600. The molecule has 1 aliphatic rings. The van der Waals surface area contributed by atoms with Gasteiger partial charge in [-0.15, -0.1) is 11.3 Å². The number of nitrogens with zero attached hydrogens (tertiary/aromatic N) is 1. The van der Waals surface area contributed by atoms with Crippen molar-refractivity contribution in [3.05, 3.63) is 37.7 Å². The maximum Gasteiger partial charge on any atom is 0.264 e. The summed E-state index contributed by atoms with van der Waals surface area (Å²) in [6.07, 6.45) is 4.21. The Morgan fingerprint density at radius 1 is 1.19 bits per heavy atom. The number of hydrogen-bond acceptors (Lipinski definition) is 4. The molecule has 1 aliphatic carbocycles. The fourth-order valence-corrected chi connectivity index (χ4v) is 6.04. The average molecular weight is 452 g/mol. The van der Waals surface area contributed by atoms with Crippen LogP contribution in [0.1, 0.15) is 23.4 Å². The third-order valence-corrected chi connectivity index (χ3v) is 7.28. The summed E-state index contributed by atoms with van der Waals surface area (Å²) in [4.78, 5) is 5.82. The van der Waals surface area contributed by atoms with Gasteiger partial charge in [0.05, 0.1) is 5.69 Å². The van der Waals surface area contributed by atoms with Gasteiger partial charge in [0.15, 0.2) is 5.13 Å².